The monoisotopic (exact) mass is 418 g/mol. The summed E-state index contributed by atoms with van der Waals surface area (Å²) in [7, 11) is -0.716. The Kier molecular flexibility index (Phi) is 6.15. The minimum absolute atomic E-state index is 0.0185. The van der Waals surface area contributed by atoms with Crippen molar-refractivity contribution in [2.24, 2.45) is 0 Å². The van der Waals surface area contributed by atoms with Crippen LogP contribution in [0.25, 0.3) is 0 Å². The van der Waals surface area contributed by atoms with Gasteiger partial charge in [0, 0.05) is 12.7 Å². The van der Waals surface area contributed by atoms with Gasteiger partial charge in [-0.25, -0.2) is 13.8 Å². The standard InChI is InChI=1S/C21H25BF2N2O4/c1-6-28-19-17(24)9-13(12-26-19)11-25-18(27)15-10-14(7-8-16(15)23)22-29-20(2,3)21(4,5)30-22/h7-10,12H,6,11H2,1-5H3,(H,25,27). The third-order valence-corrected chi connectivity index (χ3v) is 5.36. The molecule has 0 unspecified atom stereocenters. The molecular formula is C21H25BF2N2O4. The van der Waals surface area contributed by atoms with Crippen molar-refractivity contribution in [3.63, 3.8) is 0 Å². The zero-order chi connectivity index (χ0) is 22.1. The fourth-order valence-corrected chi connectivity index (χ4v) is 2.92. The fraction of sp³-hybridized carbons (Fsp3) is 0.429. The van der Waals surface area contributed by atoms with Crippen LogP contribution in [0.3, 0.4) is 0 Å². The molecule has 6 nitrogen and oxygen atoms in total. The number of ether oxygens (including phenoxy) is 1. The third kappa shape index (κ3) is 4.47. The Balaban J connectivity index is 1.72. The first-order valence-corrected chi connectivity index (χ1v) is 9.74. The number of halogens is 2. The van der Waals surface area contributed by atoms with E-state index in [4.69, 9.17) is 14.0 Å². The Labute approximate surface area is 175 Å². The van der Waals surface area contributed by atoms with E-state index in [0.717, 1.165) is 0 Å². The minimum Gasteiger partial charge on any atom is -0.476 e. The van der Waals surface area contributed by atoms with Crippen LogP contribution in [0.4, 0.5) is 8.78 Å². The first-order valence-electron chi connectivity index (χ1n) is 9.74. The van der Waals surface area contributed by atoms with Crippen LogP contribution in [0.2, 0.25) is 0 Å². The van der Waals surface area contributed by atoms with Crippen molar-refractivity contribution in [2.75, 3.05) is 6.61 Å². The van der Waals surface area contributed by atoms with E-state index in [1.165, 1.54) is 30.5 Å². The topological polar surface area (TPSA) is 69.7 Å². The van der Waals surface area contributed by atoms with Crippen molar-refractivity contribution >= 4 is 18.5 Å². The van der Waals surface area contributed by atoms with Gasteiger partial charge in [0.15, 0.2) is 5.82 Å². The number of nitrogens with zero attached hydrogens (tertiary/aromatic N) is 1. The molecule has 1 aliphatic rings. The lowest BCUT2D eigenvalue weighted by molar-refractivity contribution is 0.00578. The largest absolute Gasteiger partial charge is 0.494 e. The van der Waals surface area contributed by atoms with E-state index in [9.17, 15) is 13.6 Å². The van der Waals surface area contributed by atoms with Crippen molar-refractivity contribution in [1.29, 1.82) is 0 Å². The molecule has 160 valence electrons. The van der Waals surface area contributed by atoms with Crippen molar-refractivity contribution in [3.05, 3.63) is 53.2 Å². The molecular weight excluding hydrogens is 393 g/mol. The molecule has 1 N–H and O–H groups in total. The van der Waals surface area contributed by atoms with E-state index in [1.54, 1.807) is 6.92 Å². The van der Waals surface area contributed by atoms with Gasteiger partial charge >= 0.3 is 7.12 Å². The Bertz CT molecular complexity index is 937. The molecule has 0 saturated carbocycles. The summed E-state index contributed by atoms with van der Waals surface area (Å²) in [5, 5.41) is 2.58. The van der Waals surface area contributed by atoms with Crippen LogP contribution in [0.15, 0.2) is 30.5 Å². The molecule has 1 amide bonds. The highest BCUT2D eigenvalue weighted by Gasteiger charge is 2.51. The van der Waals surface area contributed by atoms with Crippen LogP contribution in [-0.4, -0.2) is 35.8 Å². The number of nitrogens with one attached hydrogen (secondary N) is 1. The van der Waals surface area contributed by atoms with Crippen LogP contribution in [-0.2, 0) is 15.9 Å². The SMILES string of the molecule is CCOc1ncc(CNC(=O)c2cc(B3OC(C)(C)C(C)(C)O3)ccc2F)cc1F. The van der Waals surface area contributed by atoms with E-state index < -0.39 is 35.9 Å². The van der Waals surface area contributed by atoms with Gasteiger partial charge in [0.1, 0.15) is 5.82 Å². The van der Waals surface area contributed by atoms with Gasteiger partial charge in [-0.15, -0.1) is 0 Å². The van der Waals surface area contributed by atoms with E-state index in [-0.39, 0.29) is 18.0 Å². The maximum Gasteiger partial charge on any atom is 0.494 e. The van der Waals surface area contributed by atoms with Crippen LogP contribution < -0.4 is 15.5 Å². The fourth-order valence-electron chi connectivity index (χ4n) is 2.92. The Morgan fingerprint density at radius 1 is 1.13 bits per heavy atom. The predicted octanol–water partition coefficient (Wildman–Crippen LogP) is 2.99. The second-order valence-corrected chi connectivity index (χ2v) is 8.07. The molecule has 0 radical (unpaired) electrons. The van der Waals surface area contributed by atoms with E-state index in [2.05, 4.69) is 10.3 Å². The Morgan fingerprint density at radius 3 is 2.40 bits per heavy atom. The zero-order valence-electron chi connectivity index (χ0n) is 17.7. The van der Waals surface area contributed by atoms with E-state index >= 15 is 0 Å². The van der Waals surface area contributed by atoms with Gasteiger partial charge in [-0.2, -0.15) is 0 Å². The first kappa shape index (κ1) is 22.2. The number of rotatable bonds is 6. The molecule has 1 aromatic carbocycles. The number of hydrogen-bond acceptors (Lipinski definition) is 5. The Hall–Kier alpha value is -2.52. The lowest BCUT2D eigenvalue weighted by atomic mass is 9.78. The molecule has 1 aromatic heterocycles. The lowest BCUT2D eigenvalue weighted by Gasteiger charge is -2.32. The highest BCUT2D eigenvalue weighted by molar-refractivity contribution is 6.62. The summed E-state index contributed by atoms with van der Waals surface area (Å²) in [5.41, 5.74) is -0.305. The van der Waals surface area contributed by atoms with Crippen molar-refractivity contribution in [3.8, 4) is 5.88 Å². The molecule has 0 spiro atoms. The molecule has 3 rings (SSSR count). The quantitative estimate of drug-likeness (QED) is 0.731. The van der Waals surface area contributed by atoms with Crippen LogP contribution >= 0.6 is 0 Å². The normalized spacial score (nSPS) is 17.1. The maximum absolute atomic E-state index is 14.3. The average molecular weight is 418 g/mol. The van der Waals surface area contributed by atoms with Crippen LogP contribution in [0, 0.1) is 11.6 Å². The second kappa shape index (κ2) is 8.31. The van der Waals surface area contributed by atoms with Gasteiger partial charge in [-0.05, 0) is 63.8 Å². The van der Waals surface area contributed by atoms with Gasteiger partial charge in [-0.1, -0.05) is 6.07 Å². The summed E-state index contributed by atoms with van der Waals surface area (Å²) in [6.45, 7) is 9.64. The van der Waals surface area contributed by atoms with Gasteiger partial charge in [0.05, 0.1) is 23.4 Å². The summed E-state index contributed by atoms with van der Waals surface area (Å²) in [6, 6.07) is 5.35. The number of benzene rings is 1. The molecule has 1 fully saturated rings. The van der Waals surface area contributed by atoms with Gasteiger partial charge in [-0.3, -0.25) is 4.79 Å². The molecule has 0 aliphatic carbocycles. The number of carbonyl (C=O) groups is 1. The van der Waals surface area contributed by atoms with Gasteiger partial charge in [0.25, 0.3) is 5.91 Å². The van der Waals surface area contributed by atoms with Crippen LogP contribution in [0.5, 0.6) is 5.88 Å². The number of pyridine rings is 1. The molecule has 9 heteroatoms. The van der Waals surface area contributed by atoms with E-state index in [1.807, 2.05) is 27.7 Å². The molecule has 2 heterocycles. The molecule has 30 heavy (non-hydrogen) atoms. The summed E-state index contributed by atoms with van der Waals surface area (Å²) in [6.07, 6.45) is 1.39. The number of carbonyl (C=O) groups excluding carboxylic acids is 1. The average Bonchev–Trinajstić information content (AvgIpc) is 2.89. The Morgan fingerprint density at radius 2 is 1.80 bits per heavy atom. The molecule has 2 aromatic rings. The second-order valence-electron chi connectivity index (χ2n) is 8.07. The summed E-state index contributed by atoms with van der Waals surface area (Å²) in [4.78, 5) is 16.4. The number of amides is 1. The minimum atomic E-state index is -0.716. The predicted molar refractivity (Wildman–Crippen MR) is 109 cm³/mol. The van der Waals surface area contributed by atoms with Crippen molar-refractivity contribution in [2.45, 2.75) is 52.4 Å². The molecule has 0 atom stereocenters. The number of hydrogen-bond donors (Lipinski definition) is 1. The maximum atomic E-state index is 14.3. The first-order chi connectivity index (χ1) is 14.0. The summed E-state index contributed by atoms with van der Waals surface area (Å²) >= 11 is 0. The lowest BCUT2D eigenvalue weighted by Crippen LogP contribution is -2.41. The smallest absolute Gasteiger partial charge is 0.476 e. The van der Waals surface area contributed by atoms with Crippen LogP contribution in [0.1, 0.15) is 50.5 Å². The van der Waals surface area contributed by atoms with Gasteiger partial charge in [0.2, 0.25) is 5.88 Å². The molecule has 1 aliphatic heterocycles. The zero-order valence-corrected chi connectivity index (χ0v) is 17.7. The van der Waals surface area contributed by atoms with Gasteiger partial charge < -0.3 is 19.4 Å². The molecule has 0 bridgehead atoms. The van der Waals surface area contributed by atoms with Crippen molar-refractivity contribution in [1.82, 2.24) is 10.3 Å². The summed E-state index contributed by atoms with van der Waals surface area (Å²) in [5.74, 6) is -2.05. The summed E-state index contributed by atoms with van der Waals surface area (Å²) < 4.78 is 45.2. The highest BCUT2D eigenvalue weighted by Crippen LogP contribution is 2.36. The highest BCUT2D eigenvalue weighted by atomic mass is 19.1. The number of aromatic nitrogens is 1. The van der Waals surface area contributed by atoms with E-state index in [0.29, 0.717) is 17.6 Å². The third-order valence-electron chi connectivity index (χ3n) is 5.36. The molecule has 1 saturated heterocycles. The van der Waals surface area contributed by atoms with Crippen molar-refractivity contribution < 1.29 is 27.6 Å².